The van der Waals surface area contributed by atoms with Gasteiger partial charge in [-0.05, 0) is 6.42 Å². The summed E-state index contributed by atoms with van der Waals surface area (Å²) in [6, 6.07) is 0. The standard InChI is InChI=1S/C17H13F23/c1-2-3-4-5-6-7(18,19)8(20,21)9(22,23)10(24,25)11(26,27)12(28,29)13(30,31)14(32,33)15(34,35)16(36,37)17(38,39)40/h2-6H2,1H3. The van der Waals surface area contributed by atoms with Gasteiger partial charge in [0.15, 0.2) is 0 Å². The summed E-state index contributed by atoms with van der Waals surface area (Å²) < 4.78 is 305. The van der Waals surface area contributed by atoms with E-state index in [1.54, 1.807) is 0 Å². The van der Waals surface area contributed by atoms with Gasteiger partial charge in [-0.25, -0.2) is 0 Å². The smallest absolute Gasteiger partial charge is 0.200 e. The highest BCUT2D eigenvalue weighted by Gasteiger charge is 2.98. The molecular formula is C17H13F23. The molecule has 0 radical (unpaired) electrons. The maximum absolute atomic E-state index is 13.7. The molecule has 0 aliphatic rings. The highest BCUT2D eigenvalue weighted by Crippen LogP contribution is 2.67. The number of unbranched alkanes of at least 4 members (excludes halogenated alkanes) is 3. The van der Waals surface area contributed by atoms with E-state index in [9.17, 15) is 101 Å². The summed E-state index contributed by atoms with van der Waals surface area (Å²) in [4.78, 5) is 0. The molecule has 0 aliphatic carbocycles. The Balaban J connectivity index is 6.98. The van der Waals surface area contributed by atoms with Gasteiger partial charge in [0.05, 0.1) is 0 Å². The van der Waals surface area contributed by atoms with Crippen LogP contribution in [-0.2, 0) is 0 Å². The Bertz CT molecular complexity index is 863. The van der Waals surface area contributed by atoms with Crippen LogP contribution in [0.25, 0.3) is 0 Å². The molecule has 0 saturated carbocycles. The summed E-state index contributed by atoms with van der Waals surface area (Å²) >= 11 is 0. The molecule has 23 heteroatoms. The average molecular weight is 654 g/mol. The zero-order valence-electron chi connectivity index (χ0n) is 18.7. The van der Waals surface area contributed by atoms with E-state index in [2.05, 4.69) is 0 Å². The van der Waals surface area contributed by atoms with Gasteiger partial charge in [-0.15, -0.1) is 0 Å². The maximum Gasteiger partial charge on any atom is 0.460 e. The average Bonchev–Trinajstić information content (AvgIpc) is 2.74. The van der Waals surface area contributed by atoms with Crippen molar-refractivity contribution < 1.29 is 101 Å². The maximum atomic E-state index is 13.7. The fourth-order valence-electron chi connectivity index (χ4n) is 2.72. The van der Waals surface area contributed by atoms with Gasteiger partial charge in [0.2, 0.25) is 0 Å². The molecule has 0 N–H and O–H groups in total. The molecule has 242 valence electrons. The van der Waals surface area contributed by atoms with Crippen molar-refractivity contribution >= 4 is 0 Å². The highest BCUT2D eigenvalue weighted by atomic mass is 19.4. The summed E-state index contributed by atoms with van der Waals surface area (Å²) in [6.45, 7) is 1.35. The molecule has 0 aromatic carbocycles. The molecule has 0 heterocycles. The summed E-state index contributed by atoms with van der Waals surface area (Å²) in [5.74, 6) is -86.8. The van der Waals surface area contributed by atoms with Crippen LogP contribution in [0.4, 0.5) is 101 Å². The normalized spacial score (nSPS) is 16.5. The van der Waals surface area contributed by atoms with Gasteiger partial charge in [-0.3, -0.25) is 0 Å². The van der Waals surface area contributed by atoms with Crippen LogP contribution < -0.4 is 0 Å². The first-order valence-electron chi connectivity index (χ1n) is 9.91. The minimum atomic E-state index is -9.35. The van der Waals surface area contributed by atoms with Crippen LogP contribution in [-0.4, -0.2) is 65.4 Å². The predicted molar refractivity (Wildman–Crippen MR) is 84.3 cm³/mol. The Hall–Kier alpha value is -1.61. The highest BCUT2D eigenvalue weighted by molar-refractivity contribution is 5.18. The second-order valence-corrected chi connectivity index (χ2v) is 8.18. The molecule has 0 amide bonds. The van der Waals surface area contributed by atoms with E-state index >= 15 is 0 Å². The number of rotatable bonds is 14. The van der Waals surface area contributed by atoms with Crippen molar-refractivity contribution in [1.82, 2.24) is 0 Å². The van der Waals surface area contributed by atoms with E-state index in [1.807, 2.05) is 0 Å². The molecule has 0 saturated heterocycles. The molecule has 0 aromatic rings. The number of hydrogen-bond acceptors (Lipinski definition) is 0. The van der Waals surface area contributed by atoms with Crippen molar-refractivity contribution in [1.29, 1.82) is 0 Å². The number of halogens is 23. The van der Waals surface area contributed by atoms with Crippen molar-refractivity contribution in [2.75, 3.05) is 0 Å². The quantitative estimate of drug-likeness (QED) is 0.129. The van der Waals surface area contributed by atoms with Crippen molar-refractivity contribution in [2.45, 2.75) is 104 Å². The first kappa shape index (κ1) is 38.4. The van der Waals surface area contributed by atoms with Gasteiger partial charge >= 0.3 is 65.4 Å². The monoisotopic (exact) mass is 654 g/mol. The lowest BCUT2D eigenvalue weighted by atomic mass is 9.84. The molecule has 0 atom stereocenters. The van der Waals surface area contributed by atoms with E-state index in [1.165, 1.54) is 6.92 Å². The zero-order chi connectivity index (χ0) is 33.0. The summed E-state index contributed by atoms with van der Waals surface area (Å²) in [5, 5.41) is 0. The largest absolute Gasteiger partial charge is 0.460 e. The summed E-state index contributed by atoms with van der Waals surface area (Å²) in [6.07, 6.45) is -12.5. The molecule has 0 bridgehead atoms. The van der Waals surface area contributed by atoms with E-state index in [0.717, 1.165) is 0 Å². The van der Waals surface area contributed by atoms with Crippen molar-refractivity contribution in [2.24, 2.45) is 0 Å². The molecule has 0 nitrogen and oxygen atoms in total. The first-order chi connectivity index (χ1) is 17.1. The van der Waals surface area contributed by atoms with Gasteiger partial charge in [-0.1, -0.05) is 26.2 Å². The zero-order valence-corrected chi connectivity index (χ0v) is 18.7. The van der Waals surface area contributed by atoms with Crippen LogP contribution in [0.15, 0.2) is 0 Å². The fourth-order valence-corrected chi connectivity index (χ4v) is 2.72. The third-order valence-corrected chi connectivity index (χ3v) is 5.31. The lowest BCUT2D eigenvalue weighted by Gasteiger charge is -2.45. The van der Waals surface area contributed by atoms with Crippen LogP contribution in [0.5, 0.6) is 0 Å². The molecule has 0 fully saturated rings. The van der Waals surface area contributed by atoms with Crippen LogP contribution in [0.3, 0.4) is 0 Å². The fraction of sp³-hybridized carbons (Fsp3) is 1.00. The van der Waals surface area contributed by atoms with Crippen molar-refractivity contribution in [3.63, 3.8) is 0 Å². The van der Waals surface area contributed by atoms with Gasteiger partial charge < -0.3 is 0 Å². The Morgan fingerprint density at radius 1 is 0.300 bits per heavy atom. The van der Waals surface area contributed by atoms with Crippen molar-refractivity contribution in [3.05, 3.63) is 0 Å². The van der Waals surface area contributed by atoms with E-state index in [0.29, 0.717) is 0 Å². The molecule has 0 spiro atoms. The van der Waals surface area contributed by atoms with Crippen LogP contribution in [0.1, 0.15) is 39.0 Å². The molecule has 40 heavy (non-hydrogen) atoms. The van der Waals surface area contributed by atoms with E-state index in [4.69, 9.17) is 0 Å². The van der Waals surface area contributed by atoms with Crippen molar-refractivity contribution in [3.8, 4) is 0 Å². The third-order valence-electron chi connectivity index (χ3n) is 5.31. The first-order valence-corrected chi connectivity index (χ1v) is 9.91. The molecular weight excluding hydrogens is 641 g/mol. The Labute approximate surface area is 206 Å². The topological polar surface area (TPSA) is 0 Å². The van der Waals surface area contributed by atoms with Crippen LogP contribution >= 0.6 is 0 Å². The Kier molecular flexibility index (Phi) is 9.87. The second kappa shape index (κ2) is 10.3. The van der Waals surface area contributed by atoms with Gasteiger partial charge in [0, 0.05) is 6.42 Å². The number of hydrogen-bond donors (Lipinski definition) is 0. The minimum Gasteiger partial charge on any atom is -0.200 e. The van der Waals surface area contributed by atoms with Crippen LogP contribution in [0.2, 0.25) is 0 Å². The van der Waals surface area contributed by atoms with Gasteiger partial charge in [-0.2, -0.15) is 101 Å². The minimum absolute atomic E-state index is 0.111. The Morgan fingerprint density at radius 2 is 0.550 bits per heavy atom. The SMILES string of the molecule is CCCCCCC(F)(F)C(F)(F)C(F)(F)C(F)(F)C(F)(F)C(F)(F)C(F)(F)C(F)(F)C(F)(F)C(F)(F)C(F)(F)F. The molecule has 0 aromatic heterocycles. The molecule has 0 rings (SSSR count). The summed E-state index contributed by atoms with van der Waals surface area (Å²) in [7, 11) is 0. The molecule has 0 unspecified atom stereocenters. The van der Waals surface area contributed by atoms with Gasteiger partial charge in [0.25, 0.3) is 0 Å². The van der Waals surface area contributed by atoms with E-state index in [-0.39, 0.29) is 12.8 Å². The van der Waals surface area contributed by atoms with Crippen LogP contribution in [0, 0.1) is 0 Å². The second-order valence-electron chi connectivity index (χ2n) is 8.18. The number of alkyl halides is 23. The lowest BCUT2D eigenvalue weighted by Crippen LogP contribution is -2.77. The van der Waals surface area contributed by atoms with Gasteiger partial charge in [0.1, 0.15) is 0 Å². The lowest BCUT2D eigenvalue weighted by molar-refractivity contribution is -0.478. The predicted octanol–water partition coefficient (Wildman–Crippen LogP) is 9.87. The Morgan fingerprint density at radius 3 is 0.800 bits per heavy atom. The molecule has 0 aliphatic heterocycles. The third kappa shape index (κ3) is 5.01. The van der Waals surface area contributed by atoms with E-state index < -0.39 is 84.7 Å². The summed E-state index contributed by atoms with van der Waals surface area (Å²) in [5.41, 5.74) is 0.